The first-order valence-corrected chi connectivity index (χ1v) is 9.92. The molecule has 4 rings (SSSR count). The van der Waals surface area contributed by atoms with Crippen molar-refractivity contribution in [2.45, 2.75) is 13.5 Å². The second-order valence-electron chi connectivity index (χ2n) is 7.18. The van der Waals surface area contributed by atoms with Gasteiger partial charge in [-0.15, -0.1) is 0 Å². The molecule has 0 fully saturated rings. The first-order chi connectivity index (χ1) is 15.1. The van der Waals surface area contributed by atoms with Crippen LogP contribution in [0.5, 0.6) is 0 Å². The highest BCUT2D eigenvalue weighted by molar-refractivity contribution is 6.08. The first kappa shape index (κ1) is 20.1. The molecular formula is C25H22N4O2. The van der Waals surface area contributed by atoms with Crippen LogP contribution in [0, 0.1) is 6.92 Å². The fraction of sp³-hybridized carbons (Fsp3) is 0.0800. The number of anilines is 2. The highest BCUT2D eigenvalue weighted by Gasteiger charge is 2.14. The lowest BCUT2D eigenvalue weighted by Crippen LogP contribution is -2.17. The molecule has 0 atom stereocenters. The van der Waals surface area contributed by atoms with Crippen LogP contribution in [0.3, 0.4) is 0 Å². The van der Waals surface area contributed by atoms with Crippen LogP contribution in [0.25, 0.3) is 0 Å². The van der Waals surface area contributed by atoms with Gasteiger partial charge < -0.3 is 15.2 Å². The van der Waals surface area contributed by atoms with Crippen LogP contribution in [0.4, 0.5) is 11.4 Å². The molecule has 0 spiro atoms. The quantitative estimate of drug-likeness (QED) is 0.482. The fourth-order valence-corrected chi connectivity index (χ4v) is 3.28. The standard InChI is InChI=1S/C25H22N4O2/c1-18-22(25(31)27-21-6-3-2-4-7-21)8-5-9-23(18)28-24(30)20-12-10-19(11-13-20)16-29-15-14-26-17-29/h2-15,17H,16H2,1H3,(H,27,31)(H,28,30). The SMILES string of the molecule is Cc1c(NC(=O)c2ccc(Cn3ccnc3)cc2)cccc1C(=O)Nc1ccccc1. The van der Waals surface area contributed by atoms with Gasteiger partial charge in [-0.3, -0.25) is 9.59 Å². The second-order valence-corrected chi connectivity index (χ2v) is 7.18. The Morgan fingerprint density at radius 2 is 1.65 bits per heavy atom. The molecule has 3 aromatic carbocycles. The van der Waals surface area contributed by atoms with Crippen molar-refractivity contribution in [1.82, 2.24) is 9.55 Å². The Kier molecular flexibility index (Phi) is 5.89. The normalized spacial score (nSPS) is 10.5. The number of aromatic nitrogens is 2. The minimum Gasteiger partial charge on any atom is -0.333 e. The Bertz CT molecular complexity index is 1180. The zero-order valence-corrected chi connectivity index (χ0v) is 17.1. The van der Waals surface area contributed by atoms with E-state index in [9.17, 15) is 9.59 Å². The summed E-state index contributed by atoms with van der Waals surface area (Å²) < 4.78 is 1.96. The molecule has 6 heteroatoms. The second kappa shape index (κ2) is 9.09. The summed E-state index contributed by atoms with van der Waals surface area (Å²) in [6.07, 6.45) is 5.38. The van der Waals surface area contributed by atoms with Crippen molar-refractivity contribution in [3.8, 4) is 0 Å². The van der Waals surface area contributed by atoms with Gasteiger partial charge in [0.05, 0.1) is 6.33 Å². The van der Waals surface area contributed by atoms with Crippen LogP contribution in [0.2, 0.25) is 0 Å². The molecule has 0 bridgehead atoms. The maximum absolute atomic E-state index is 12.7. The minimum atomic E-state index is -0.224. The summed E-state index contributed by atoms with van der Waals surface area (Å²) in [6.45, 7) is 2.52. The number of carbonyl (C=O) groups excluding carboxylic acids is 2. The molecule has 4 aromatic rings. The number of nitrogens with zero attached hydrogens (tertiary/aromatic N) is 2. The van der Waals surface area contributed by atoms with Crippen LogP contribution in [0.15, 0.2) is 91.5 Å². The number of para-hydroxylation sites is 1. The van der Waals surface area contributed by atoms with Crippen LogP contribution in [-0.4, -0.2) is 21.4 Å². The maximum atomic E-state index is 12.7. The third kappa shape index (κ3) is 4.87. The fourth-order valence-electron chi connectivity index (χ4n) is 3.28. The van der Waals surface area contributed by atoms with Gasteiger partial charge >= 0.3 is 0 Å². The minimum absolute atomic E-state index is 0.219. The van der Waals surface area contributed by atoms with Crippen LogP contribution in [-0.2, 0) is 6.54 Å². The molecule has 2 amide bonds. The largest absolute Gasteiger partial charge is 0.333 e. The number of imidazole rings is 1. The van der Waals surface area contributed by atoms with Gasteiger partial charge in [0.1, 0.15) is 0 Å². The van der Waals surface area contributed by atoms with Gasteiger partial charge in [-0.2, -0.15) is 0 Å². The molecule has 6 nitrogen and oxygen atoms in total. The maximum Gasteiger partial charge on any atom is 0.256 e. The lowest BCUT2D eigenvalue weighted by Gasteiger charge is -2.13. The van der Waals surface area contributed by atoms with E-state index in [1.54, 1.807) is 42.9 Å². The molecule has 0 unspecified atom stereocenters. The van der Waals surface area contributed by atoms with Gasteiger partial charge in [-0.1, -0.05) is 36.4 Å². The van der Waals surface area contributed by atoms with Crippen molar-refractivity contribution in [1.29, 1.82) is 0 Å². The molecule has 1 heterocycles. The molecule has 0 saturated carbocycles. The van der Waals surface area contributed by atoms with Gasteiger partial charge in [0.15, 0.2) is 0 Å². The summed E-state index contributed by atoms with van der Waals surface area (Å²) in [6, 6.07) is 22.0. The molecule has 0 aliphatic rings. The average Bonchev–Trinajstić information content (AvgIpc) is 3.29. The number of carbonyl (C=O) groups is 2. The van der Waals surface area contributed by atoms with Gasteiger partial charge in [0, 0.05) is 41.4 Å². The van der Waals surface area contributed by atoms with Crippen molar-refractivity contribution >= 4 is 23.2 Å². The molecule has 2 N–H and O–H groups in total. The Morgan fingerprint density at radius 3 is 2.35 bits per heavy atom. The third-order valence-corrected chi connectivity index (χ3v) is 5.00. The van der Waals surface area contributed by atoms with Crippen LogP contribution in [0.1, 0.15) is 31.8 Å². The van der Waals surface area contributed by atoms with Crippen molar-refractivity contribution in [3.05, 3.63) is 114 Å². The zero-order valence-electron chi connectivity index (χ0n) is 17.1. The number of hydrogen-bond donors (Lipinski definition) is 2. The van der Waals surface area contributed by atoms with Gasteiger partial charge in [-0.25, -0.2) is 4.98 Å². The summed E-state index contributed by atoms with van der Waals surface area (Å²) >= 11 is 0. The molecule has 0 aliphatic carbocycles. The lowest BCUT2D eigenvalue weighted by molar-refractivity contribution is 0.101. The Morgan fingerprint density at radius 1 is 0.871 bits per heavy atom. The van der Waals surface area contributed by atoms with Gasteiger partial charge in [-0.05, 0) is 54.4 Å². The summed E-state index contributed by atoms with van der Waals surface area (Å²) in [5.74, 6) is -0.443. The molecule has 0 radical (unpaired) electrons. The molecule has 0 aliphatic heterocycles. The predicted octanol–water partition coefficient (Wildman–Crippen LogP) is 4.74. The van der Waals surface area contributed by atoms with E-state index in [0.717, 1.165) is 11.3 Å². The zero-order chi connectivity index (χ0) is 21.6. The Balaban J connectivity index is 1.45. The lowest BCUT2D eigenvalue weighted by atomic mass is 10.0. The van der Waals surface area contributed by atoms with Gasteiger partial charge in [0.25, 0.3) is 11.8 Å². The van der Waals surface area contributed by atoms with Crippen molar-refractivity contribution < 1.29 is 9.59 Å². The average molecular weight is 410 g/mol. The third-order valence-electron chi connectivity index (χ3n) is 5.00. The summed E-state index contributed by atoms with van der Waals surface area (Å²) in [5.41, 5.74) is 4.17. The van der Waals surface area contributed by atoms with Crippen LogP contribution < -0.4 is 10.6 Å². The van der Waals surface area contributed by atoms with E-state index in [0.29, 0.717) is 28.9 Å². The van der Waals surface area contributed by atoms with Crippen molar-refractivity contribution in [2.24, 2.45) is 0 Å². The number of benzene rings is 3. The molecular weight excluding hydrogens is 388 g/mol. The summed E-state index contributed by atoms with van der Waals surface area (Å²) in [5, 5.41) is 5.79. The van der Waals surface area contributed by atoms with E-state index in [-0.39, 0.29) is 11.8 Å². The van der Waals surface area contributed by atoms with Crippen molar-refractivity contribution in [3.63, 3.8) is 0 Å². The highest BCUT2D eigenvalue weighted by atomic mass is 16.2. The van der Waals surface area contributed by atoms with E-state index in [1.807, 2.05) is 60.2 Å². The Labute approximate surface area is 180 Å². The Hall–Kier alpha value is -4.19. The van der Waals surface area contributed by atoms with E-state index in [2.05, 4.69) is 15.6 Å². The number of rotatable bonds is 6. The van der Waals surface area contributed by atoms with E-state index in [1.165, 1.54) is 0 Å². The number of amides is 2. The van der Waals surface area contributed by atoms with E-state index >= 15 is 0 Å². The summed E-state index contributed by atoms with van der Waals surface area (Å²) in [7, 11) is 0. The van der Waals surface area contributed by atoms with E-state index < -0.39 is 0 Å². The smallest absolute Gasteiger partial charge is 0.256 e. The predicted molar refractivity (Wildman–Crippen MR) is 121 cm³/mol. The van der Waals surface area contributed by atoms with E-state index in [4.69, 9.17) is 0 Å². The molecule has 31 heavy (non-hydrogen) atoms. The monoisotopic (exact) mass is 410 g/mol. The molecule has 1 aromatic heterocycles. The topological polar surface area (TPSA) is 76.0 Å². The highest BCUT2D eigenvalue weighted by Crippen LogP contribution is 2.21. The summed E-state index contributed by atoms with van der Waals surface area (Å²) in [4.78, 5) is 29.5. The van der Waals surface area contributed by atoms with Gasteiger partial charge in [0.2, 0.25) is 0 Å². The number of nitrogens with one attached hydrogen (secondary N) is 2. The molecule has 0 saturated heterocycles. The first-order valence-electron chi connectivity index (χ1n) is 9.92. The van der Waals surface area contributed by atoms with Crippen molar-refractivity contribution in [2.75, 3.05) is 10.6 Å². The number of hydrogen-bond acceptors (Lipinski definition) is 3. The molecule has 154 valence electrons. The van der Waals surface area contributed by atoms with Crippen LogP contribution >= 0.6 is 0 Å².